The van der Waals surface area contributed by atoms with Gasteiger partial charge in [0.15, 0.2) is 5.96 Å². The fourth-order valence-corrected chi connectivity index (χ4v) is 5.00. The van der Waals surface area contributed by atoms with Crippen LogP contribution in [0.3, 0.4) is 0 Å². The van der Waals surface area contributed by atoms with Gasteiger partial charge < -0.3 is 27.8 Å². The molecule has 2 fully saturated rings. The van der Waals surface area contributed by atoms with Crippen molar-refractivity contribution in [1.82, 2.24) is 10.6 Å². The van der Waals surface area contributed by atoms with Crippen LogP contribution in [0.2, 0.25) is 0 Å². The van der Waals surface area contributed by atoms with Crippen molar-refractivity contribution >= 4 is 23.5 Å². The van der Waals surface area contributed by atoms with Gasteiger partial charge in [0.25, 0.3) is 0 Å². The van der Waals surface area contributed by atoms with Crippen molar-refractivity contribution in [2.75, 3.05) is 0 Å². The number of nitrogens with two attached hydrogens (primary N) is 3. The molecular weight excluding hydrogens is 416 g/mol. The number of aliphatic imine (C=N–C) groups is 1. The van der Waals surface area contributed by atoms with Crippen molar-refractivity contribution < 1.29 is 9.59 Å². The summed E-state index contributed by atoms with van der Waals surface area (Å²) in [7, 11) is 0. The zero-order valence-corrected chi connectivity index (χ0v) is 19.6. The van der Waals surface area contributed by atoms with Gasteiger partial charge in [-0.05, 0) is 55.7 Å². The van der Waals surface area contributed by atoms with Crippen LogP contribution in [0, 0.1) is 5.92 Å². The molecule has 0 radical (unpaired) electrons. The smallest absolute Gasteiger partial charge is 0.242 e. The van der Waals surface area contributed by atoms with Gasteiger partial charge in [0, 0.05) is 6.04 Å². The SMILES string of the molecule is NC(N)=Nc1ccc(C[C@H](N)C(=O)N[C@@H](CCC2CCCCC2)C(=O)NC2CCCC2)cc1. The van der Waals surface area contributed by atoms with Gasteiger partial charge in [-0.2, -0.15) is 0 Å². The van der Waals surface area contributed by atoms with E-state index in [1.165, 1.54) is 32.1 Å². The number of nitrogens with zero attached hydrogens (tertiary/aromatic N) is 1. The molecule has 33 heavy (non-hydrogen) atoms. The second kappa shape index (κ2) is 12.6. The lowest BCUT2D eigenvalue weighted by molar-refractivity contribution is -0.130. The number of amides is 2. The Kier molecular flexibility index (Phi) is 9.54. The summed E-state index contributed by atoms with van der Waals surface area (Å²) < 4.78 is 0. The van der Waals surface area contributed by atoms with Crippen molar-refractivity contribution in [2.45, 2.75) is 95.2 Å². The molecule has 0 saturated heterocycles. The summed E-state index contributed by atoms with van der Waals surface area (Å²) in [5.41, 5.74) is 18.6. The van der Waals surface area contributed by atoms with Gasteiger partial charge >= 0.3 is 0 Å². The lowest BCUT2D eigenvalue weighted by Crippen LogP contribution is -2.53. The summed E-state index contributed by atoms with van der Waals surface area (Å²) in [5, 5.41) is 6.11. The first-order valence-corrected chi connectivity index (χ1v) is 12.5. The second-order valence-corrected chi connectivity index (χ2v) is 9.65. The van der Waals surface area contributed by atoms with E-state index in [1.807, 2.05) is 12.1 Å². The van der Waals surface area contributed by atoms with Crippen LogP contribution in [-0.4, -0.2) is 35.9 Å². The molecule has 2 atom stereocenters. The minimum absolute atomic E-state index is 0.00558. The van der Waals surface area contributed by atoms with Gasteiger partial charge in [-0.25, -0.2) is 4.99 Å². The van der Waals surface area contributed by atoms with E-state index in [9.17, 15) is 9.59 Å². The van der Waals surface area contributed by atoms with Crippen LogP contribution in [0.1, 0.15) is 76.2 Å². The van der Waals surface area contributed by atoms with E-state index in [4.69, 9.17) is 17.2 Å². The maximum absolute atomic E-state index is 13.0. The van der Waals surface area contributed by atoms with E-state index in [2.05, 4.69) is 15.6 Å². The lowest BCUT2D eigenvalue weighted by atomic mass is 9.85. The summed E-state index contributed by atoms with van der Waals surface area (Å²) in [6, 6.07) is 6.21. The molecule has 0 aromatic heterocycles. The van der Waals surface area contributed by atoms with Crippen molar-refractivity contribution in [1.29, 1.82) is 0 Å². The Morgan fingerprint density at radius 3 is 2.21 bits per heavy atom. The predicted molar refractivity (Wildman–Crippen MR) is 132 cm³/mol. The normalized spacial score (nSPS) is 18.9. The monoisotopic (exact) mass is 456 g/mol. The molecule has 3 rings (SSSR count). The third kappa shape index (κ3) is 8.35. The van der Waals surface area contributed by atoms with Crippen molar-refractivity contribution in [3.8, 4) is 0 Å². The number of carbonyl (C=O) groups excluding carboxylic acids is 2. The summed E-state index contributed by atoms with van der Waals surface area (Å²) in [6.07, 6.45) is 12.6. The van der Waals surface area contributed by atoms with Crippen molar-refractivity contribution in [3.05, 3.63) is 29.8 Å². The maximum Gasteiger partial charge on any atom is 0.242 e. The number of guanidine groups is 1. The number of carbonyl (C=O) groups is 2. The highest BCUT2D eigenvalue weighted by Gasteiger charge is 2.27. The van der Waals surface area contributed by atoms with Gasteiger partial charge in [0.05, 0.1) is 11.7 Å². The number of hydrogen-bond donors (Lipinski definition) is 5. The highest BCUT2D eigenvalue weighted by Crippen LogP contribution is 2.28. The molecule has 8 nitrogen and oxygen atoms in total. The zero-order chi connectivity index (χ0) is 23.6. The van der Waals surface area contributed by atoms with Crippen LogP contribution in [0.25, 0.3) is 0 Å². The van der Waals surface area contributed by atoms with Gasteiger partial charge in [-0.15, -0.1) is 0 Å². The van der Waals surface area contributed by atoms with Crippen molar-refractivity contribution in [3.63, 3.8) is 0 Å². The van der Waals surface area contributed by atoms with Gasteiger partial charge in [-0.3, -0.25) is 9.59 Å². The molecule has 2 amide bonds. The predicted octanol–water partition coefficient (Wildman–Crippen LogP) is 2.37. The minimum Gasteiger partial charge on any atom is -0.370 e. The highest BCUT2D eigenvalue weighted by atomic mass is 16.2. The maximum atomic E-state index is 13.0. The average molecular weight is 457 g/mol. The molecule has 0 aliphatic heterocycles. The number of rotatable bonds is 10. The number of benzene rings is 1. The molecule has 8 heteroatoms. The summed E-state index contributed by atoms with van der Waals surface area (Å²) in [6.45, 7) is 0. The second-order valence-electron chi connectivity index (χ2n) is 9.65. The van der Waals surface area contributed by atoms with E-state index >= 15 is 0 Å². The first kappa shape index (κ1) is 25.0. The van der Waals surface area contributed by atoms with Crippen LogP contribution in [0.5, 0.6) is 0 Å². The third-order valence-corrected chi connectivity index (χ3v) is 6.91. The largest absolute Gasteiger partial charge is 0.370 e. The van der Waals surface area contributed by atoms with E-state index in [1.54, 1.807) is 12.1 Å². The average Bonchev–Trinajstić information content (AvgIpc) is 3.31. The van der Waals surface area contributed by atoms with Gasteiger partial charge in [0.2, 0.25) is 11.8 Å². The number of hydrogen-bond acceptors (Lipinski definition) is 4. The molecule has 2 aliphatic carbocycles. The van der Waals surface area contributed by atoms with E-state index in [0.717, 1.165) is 37.7 Å². The molecular formula is C25H40N6O2. The van der Waals surface area contributed by atoms with E-state index < -0.39 is 12.1 Å². The zero-order valence-electron chi connectivity index (χ0n) is 19.6. The van der Waals surface area contributed by atoms with Crippen molar-refractivity contribution in [2.24, 2.45) is 28.1 Å². The molecule has 0 unspecified atom stereocenters. The fourth-order valence-electron chi connectivity index (χ4n) is 5.00. The molecule has 2 aliphatic rings. The van der Waals surface area contributed by atoms with Crippen LogP contribution >= 0.6 is 0 Å². The molecule has 0 spiro atoms. The van der Waals surface area contributed by atoms with Crippen LogP contribution < -0.4 is 27.8 Å². The number of nitrogens with one attached hydrogen (secondary N) is 2. The molecule has 0 heterocycles. The Hall–Kier alpha value is -2.61. The molecule has 2 saturated carbocycles. The third-order valence-electron chi connectivity index (χ3n) is 6.91. The Bertz CT molecular complexity index is 794. The lowest BCUT2D eigenvalue weighted by Gasteiger charge is -2.26. The summed E-state index contributed by atoms with van der Waals surface area (Å²) in [5.74, 6) is 0.280. The Labute approximate surface area is 197 Å². The van der Waals surface area contributed by atoms with Gasteiger partial charge in [-0.1, -0.05) is 57.1 Å². The van der Waals surface area contributed by atoms with E-state index in [-0.39, 0.29) is 23.8 Å². The van der Waals surface area contributed by atoms with Crippen LogP contribution in [0.15, 0.2) is 29.3 Å². The first-order valence-electron chi connectivity index (χ1n) is 12.5. The summed E-state index contributed by atoms with van der Waals surface area (Å²) >= 11 is 0. The molecule has 182 valence electrons. The molecule has 0 bridgehead atoms. The standard InChI is InChI=1S/C25H40N6O2/c26-21(16-18-10-13-20(14-11-18)30-25(27)28)23(32)31-22(15-12-17-6-2-1-3-7-17)24(33)29-19-8-4-5-9-19/h10-11,13-14,17,19,21-22H,1-9,12,15-16,26H2,(H,29,33)(H,31,32)(H4,27,28,30)/t21-,22-/m0/s1. The topological polar surface area (TPSA) is 149 Å². The van der Waals surface area contributed by atoms with Gasteiger partial charge in [0.1, 0.15) is 6.04 Å². The molecule has 8 N–H and O–H groups in total. The molecule has 1 aromatic carbocycles. The Balaban J connectivity index is 1.56. The molecule has 1 aromatic rings. The minimum atomic E-state index is -0.740. The Morgan fingerprint density at radius 2 is 1.58 bits per heavy atom. The summed E-state index contributed by atoms with van der Waals surface area (Å²) in [4.78, 5) is 29.9. The van der Waals surface area contributed by atoms with E-state index in [0.29, 0.717) is 24.4 Å². The van der Waals surface area contributed by atoms with Crippen LogP contribution in [-0.2, 0) is 16.0 Å². The quantitative estimate of drug-likeness (QED) is 0.271. The van der Waals surface area contributed by atoms with Crippen LogP contribution in [0.4, 0.5) is 5.69 Å². The Morgan fingerprint density at radius 1 is 0.939 bits per heavy atom. The first-order chi connectivity index (χ1) is 15.9. The fraction of sp³-hybridized carbons (Fsp3) is 0.640. The highest BCUT2D eigenvalue weighted by molar-refractivity contribution is 5.90.